The Morgan fingerprint density at radius 3 is 2.41 bits per heavy atom. The number of methoxy groups -OCH3 is 1. The second kappa shape index (κ2) is 7.67. The highest BCUT2D eigenvalue weighted by molar-refractivity contribution is 5.74. The molecule has 0 bridgehead atoms. The average Bonchev–Trinajstić information content (AvgIpc) is 2.24. The molecule has 4 nitrogen and oxygen atoms in total. The van der Waals surface area contributed by atoms with Gasteiger partial charge in [-0.2, -0.15) is 0 Å². The van der Waals surface area contributed by atoms with Gasteiger partial charge in [0, 0.05) is 26.7 Å². The molecule has 0 fully saturated rings. The summed E-state index contributed by atoms with van der Waals surface area (Å²) < 4.78 is 5.07. The van der Waals surface area contributed by atoms with Crippen molar-refractivity contribution in [2.75, 3.05) is 33.4 Å². The zero-order valence-corrected chi connectivity index (χ0v) is 11.8. The van der Waals surface area contributed by atoms with Crippen molar-refractivity contribution in [3.63, 3.8) is 0 Å². The number of aliphatic carboxylic acids is 1. The number of hydrogen-bond acceptors (Lipinski definition) is 3. The Labute approximate surface area is 105 Å². The Morgan fingerprint density at radius 1 is 1.47 bits per heavy atom. The van der Waals surface area contributed by atoms with Gasteiger partial charge in [0.1, 0.15) is 0 Å². The van der Waals surface area contributed by atoms with Crippen LogP contribution >= 0.6 is 0 Å². The van der Waals surface area contributed by atoms with Crippen molar-refractivity contribution in [1.29, 1.82) is 0 Å². The summed E-state index contributed by atoms with van der Waals surface area (Å²) in [7, 11) is 1.67. The van der Waals surface area contributed by atoms with Gasteiger partial charge in [-0.05, 0) is 19.3 Å². The van der Waals surface area contributed by atoms with Crippen LogP contribution in [0.4, 0.5) is 0 Å². The summed E-state index contributed by atoms with van der Waals surface area (Å²) in [6, 6.07) is 0. The molecule has 0 aromatic rings. The monoisotopic (exact) mass is 245 g/mol. The Kier molecular flexibility index (Phi) is 7.39. The van der Waals surface area contributed by atoms with Gasteiger partial charge >= 0.3 is 5.97 Å². The SMILES string of the molecule is CCC(C)(CN(CCOC)CC(C)C)C(=O)O. The maximum Gasteiger partial charge on any atom is 0.310 e. The van der Waals surface area contributed by atoms with E-state index >= 15 is 0 Å². The minimum Gasteiger partial charge on any atom is -0.481 e. The van der Waals surface area contributed by atoms with Gasteiger partial charge in [0.05, 0.1) is 12.0 Å². The van der Waals surface area contributed by atoms with Crippen molar-refractivity contribution in [2.24, 2.45) is 11.3 Å². The molecule has 0 radical (unpaired) electrons. The minimum atomic E-state index is -0.717. The smallest absolute Gasteiger partial charge is 0.310 e. The minimum absolute atomic E-state index is 0.529. The van der Waals surface area contributed by atoms with Crippen LogP contribution in [0.2, 0.25) is 0 Å². The second-order valence-corrected chi connectivity index (χ2v) is 5.34. The Bertz CT molecular complexity index is 231. The van der Waals surface area contributed by atoms with Gasteiger partial charge in [0.2, 0.25) is 0 Å². The van der Waals surface area contributed by atoms with Crippen molar-refractivity contribution in [1.82, 2.24) is 4.90 Å². The lowest BCUT2D eigenvalue weighted by molar-refractivity contribution is -0.149. The first-order valence-electron chi connectivity index (χ1n) is 6.30. The third-order valence-electron chi connectivity index (χ3n) is 3.10. The summed E-state index contributed by atoms with van der Waals surface area (Å²) >= 11 is 0. The predicted molar refractivity (Wildman–Crippen MR) is 69.2 cm³/mol. The first kappa shape index (κ1) is 16.4. The van der Waals surface area contributed by atoms with Crippen LogP contribution in [0.3, 0.4) is 0 Å². The van der Waals surface area contributed by atoms with Gasteiger partial charge in [-0.3, -0.25) is 9.69 Å². The van der Waals surface area contributed by atoms with E-state index in [-0.39, 0.29) is 0 Å². The molecule has 0 heterocycles. The second-order valence-electron chi connectivity index (χ2n) is 5.34. The highest BCUT2D eigenvalue weighted by atomic mass is 16.5. The van der Waals surface area contributed by atoms with Crippen LogP contribution in [-0.2, 0) is 9.53 Å². The lowest BCUT2D eigenvalue weighted by Gasteiger charge is -2.32. The lowest BCUT2D eigenvalue weighted by atomic mass is 9.87. The fourth-order valence-electron chi connectivity index (χ4n) is 1.80. The van der Waals surface area contributed by atoms with Crippen LogP contribution in [-0.4, -0.2) is 49.3 Å². The fourth-order valence-corrected chi connectivity index (χ4v) is 1.80. The van der Waals surface area contributed by atoms with Crippen LogP contribution in [0.1, 0.15) is 34.1 Å². The summed E-state index contributed by atoms with van der Waals surface area (Å²) in [4.78, 5) is 13.5. The molecule has 4 heteroatoms. The van der Waals surface area contributed by atoms with E-state index in [1.807, 2.05) is 13.8 Å². The third kappa shape index (κ3) is 6.03. The van der Waals surface area contributed by atoms with Crippen molar-refractivity contribution in [3.8, 4) is 0 Å². The summed E-state index contributed by atoms with van der Waals surface area (Å²) in [5.41, 5.74) is -0.664. The molecule has 0 aliphatic rings. The fraction of sp³-hybridized carbons (Fsp3) is 0.923. The number of ether oxygens (including phenoxy) is 1. The predicted octanol–water partition coefficient (Wildman–Crippen LogP) is 2.09. The number of rotatable bonds is 9. The molecule has 0 saturated heterocycles. The van der Waals surface area contributed by atoms with Crippen molar-refractivity contribution < 1.29 is 14.6 Å². The van der Waals surface area contributed by atoms with Gasteiger partial charge in [-0.25, -0.2) is 0 Å². The molecule has 0 aromatic heterocycles. The van der Waals surface area contributed by atoms with Crippen molar-refractivity contribution >= 4 is 5.97 Å². The molecule has 0 amide bonds. The quantitative estimate of drug-likeness (QED) is 0.676. The molecule has 0 aliphatic heterocycles. The molecular weight excluding hydrogens is 218 g/mol. The van der Waals surface area contributed by atoms with E-state index in [1.165, 1.54) is 0 Å². The maximum atomic E-state index is 11.3. The Balaban J connectivity index is 4.52. The van der Waals surface area contributed by atoms with Gasteiger partial charge in [0.15, 0.2) is 0 Å². The van der Waals surface area contributed by atoms with Crippen LogP contribution in [0.5, 0.6) is 0 Å². The van der Waals surface area contributed by atoms with E-state index in [9.17, 15) is 9.90 Å². The highest BCUT2D eigenvalue weighted by Gasteiger charge is 2.33. The molecule has 0 aliphatic carbocycles. The van der Waals surface area contributed by atoms with Gasteiger partial charge < -0.3 is 9.84 Å². The molecule has 1 N–H and O–H groups in total. The first-order chi connectivity index (χ1) is 7.85. The molecule has 17 heavy (non-hydrogen) atoms. The standard InChI is InChI=1S/C13H27NO3/c1-6-13(4,12(15)16)10-14(7-8-17-5)9-11(2)3/h11H,6-10H2,1-5H3,(H,15,16). The average molecular weight is 245 g/mol. The zero-order chi connectivity index (χ0) is 13.5. The number of carboxylic acid groups (broad SMARTS) is 1. The maximum absolute atomic E-state index is 11.3. The molecule has 0 saturated carbocycles. The van der Waals surface area contributed by atoms with Crippen molar-refractivity contribution in [2.45, 2.75) is 34.1 Å². The van der Waals surface area contributed by atoms with E-state index in [0.717, 1.165) is 13.1 Å². The normalized spacial score (nSPS) is 15.2. The largest absolute Gasteiger partial charge is 0.481 e. The third-order valence-corrected chi connectivity index (χ3v) is 3.10. The number of nitrogens with zero attached hydrogens (tertiary/aromatic N) is 1. The number of hydrogen-bond donors (Lipinski definition) is 1. The number of carboxylic acids is 1. The molecular formula is C13H27NO3. The first-order valence-corrected chi connectivity index (χ1v) is 6.30. The number of carbonyl (C=O) groups is 1. The molecule has 1 atom stereocenters. The van der Waals surface area contributed by atoms with Crippen LogP contribution < -0.4 is 0 Å². The molecule has 1 unspecified atom stereocenters. The topological polar surface area (TPSA) is 49.8 Å². The molecule has 0 spiro atoms. The van der Waals surface area contributed by atoms with E-state index in [1.54, 1.807) is 7.11 Å². The van der Waals surface area contributed by atoms with Gasteiger partial charge in [-0.15, -0.1) is 0 Å². The van der Waals surface area contributed by atoms with E-state index in [4.69, 9.17) is 4.74 Å². The van der Waals surface area contributed by atoms with Crippen LogP contribution in [0.25, 0.3) is 0 Å². The summed E-state index contributed by atoms with van der Waals surface area (Å²) in [6.07, 6.45) is 0.643. The molecule has 102 valence electrons. The molecule has 0 rings (SSSR count). The lowest BCUT2D eigenvalue weighted by Crippen LogP contribution is -2.43. The summed E-state index contributed by atoms with van der Waals surface area (Å²) in [6.45, 7) is 11.0. The van der Waals surface area contributed by atoms with Crippen LogP contribution in [0, 0.1) is 11.3 Å². The van der Waals surface area contributed by atoms with Gasteiger partial charge in [-0.1, -0.05) is 20.8 Å². The Morgan fingerprint density at radius 2 is 2.06 bits per heavy atom. The summed E-state index contributed by atoms with van der Waals surface area (Å²) in [5, 5.41) is 9.28. The van der Waals surface area contributed by atoms with E-state index < -0.39 is 11.4 Å². The van der Waals surface area contributed by atoms with E-state index in [0.29, 0.717) is 25.5 Å². The van der Waals surface area contributed by atoms with E-state index in [2.05, 4.69) is 18.7 Å². The Hall–Kier alpha value is -0.610. The molecule has 0 aromatic carbocycles. The van der Waals surface area contributed by atoms with Crippen LogP contribution in [0.15, 0.2) is 0 Å². The van der Waals surface area contributed by atoms with Crippen molar-refractivity contribution in [3.05, 3.63) is 0 Å². The zero-order valence-electron chi connectivity index (χ0n) is 11.8. The highest BCUT2D eigenvalue weighted by Crippen LogP contribution is 2.23. The van der Waals surface area contributed by atoms with Gasteiger partial charge in [0.25, 0.3) is 0 Å². The summed E-state index contributed by atoms with van der Waals surface area (Å²) in [5.74, 6) is -0.187.